The minimum absolute atomic E-state index is 0.0518. The molecule has 4 nitrogen and oxygen atoms in total. The number of hydrogen-bond donors (Lipinski definition) is 1. The summed E-state index contributed by atoms with van der Waals surface area (Å²) in [6, 6.07) is 7.52. The molecule has 0 bridgehead atoms. The van der Waals surface area contributed by atoms with E-state index < -0.39 is 6.10 Å². The lowest BCUT2D eigenvalue weighted by atomic mass is 10.1. The van der Waals surface area contributed by atoms with Crippen LogP contribution in [0.15, 0.2) is 24.3 Å². The van der Waals surface area contributed by atoms with Crippen LogP contribution in [0.2, 0.25) is 0 Å². The number of benzene rings is 1. The van der Waals surface area contributed by atoms with Crippen molar-refractivity contribution >= 4 is 5.91 Å². The van der Waals surface area contributed by atoms with Gasteiger partial charge in [0.1, 0.15) is 11.5 Å². The molecule has 4 heteroatoms. The summed E-state index contributed by atoms with van der Waals surface area (Å²) in [4.78, 5) is 12.2. The Kier molecular flexibility index (Phi) is 6.91. The average molecular weight is 279 g/mol. The molecule has 0 aliphatic carbocycles. The summed E-state index contributed by atoms with van der Waals surface area (Å²) in [5.74, 6) is 1.32. The second-order valence-corrected chi connectivity index (χ2v) is 4.72. The van der Waals surface area contributed by atoms with E-state index >= 15 is 0 Å². The summed E-state index contributed by atoms with van der Waals surface area (Å²) in [5.41, 5.74) is 0. The number of carbonyl (C=O) groups excluding carboxylic acids is 1. The maximum Gasteiger partial charge on any atom is 0.261 e. The maximum absolute atomic E-state index is 12.2. The van der Waals surface area contributed by atoms with E-state index in [2.05, 4.69) is 19.2 Å². The number of methoxy groups -OCH3 is 1. The number of rotatable bonds is 8. The van der Waals surface area contributed by atoms with Crippen molar-refractivity contribution in [3.8, 4) is 11.5 Å². The van der Waals surface area contributed by atoms with Gasteiger partial charge < -0.3 is 14.8 Å². The number of ether oxygens (including phenoxy) is 2. The van der Waals surface area contributed by atoms with Gasteiger partial charge in [0.05, 0.1) is 7.11 Å². The van der Waals surface area contributed by atoms with E-state index in [4.69, 9.17) is 9.47 Å². The molecule has 0 spiro atoms. The van der Waals surface area contributed by atoms with Crippen LogP contribution in [0.3, 0.4) is 0 Å². The standard InChI is InChI=1S/C16H25NO3/c1-5-12(6-2)17-16(18)15(7-3)20-14-10-8-9-13(11-14)19-4/h8-12,15H,5-7H2,1-4H3,(H,17,18). The van der Waals surface area contributed by atoms with Crippen molar-refractivity contribution in [2.45, 2.75) is 52.2 Å². The lowest BCUT2D eigenvalue weighted by Gasteiger charge is -2.21. The Hall–Kier alpha value is -1.71. The quantitative estimate of drug-likeness (QED) is 0.795. The normalized spacial score (nSPS) is 12.1. The smallest absolute Gasteiger partial charge is 0.261 e. The fourth-order valence-corrected chi connectivity index (χ4v) is 1.95. The van der Waals surface area contributed by atoms with Gasteiger partial charge in [0.2, 0.25) is 0 Å². The molecule has 1 amide bonds. The second kappa shape index (κ2) is 8.46. The summed E-state index contributed by atoms with van der Waals surface area (Å²) in [6.07, 6.45) is 2.02. The molecule has 112 valence electrons. The first-order chi connectivity index (χ1) is 9.64. The van der Waals surface area contributed by atoms with E-state index in [1.807, 2.05) is 25.1 Å². The highest BCUT2D eigenvalue weighted by molar-refractivity contribution is 5.81. The van der Waals surface area contributed by atoms with E-state index in [1.54, 1.807) is 13.2 Å². The lowest BCUT2D eigenvalue weighted by molar-refractivity contribution is -0.128. The van der Waals surface area contributed by atoms with Crippen LogP contribution in [0.5, 0.6) is 11.5 Å². The zero-order valence-corrected chi connectivity index (χ0v) is 12.8. The van der Waals surface area contributed by atoms with Gasteiger partial charge in [-0.3, -0.25) is 4.79 Å². The van der Waals surface area contributed by atoms with Crippen molar-refractivity contribution in [2.24, 2.45) is 0 Å². The number of amides is 1. The van der Waals surface area contributed by atoms with Crippen LogP contribution in [0.4, 0.5) is 0 Å². The van der Waals surface area contributed by atoms with Crippen LogP contribution in [0, 0.1) is 0 Å². The number of nitrogens with one attached hydrogen (secondary N) is 1. The van der Waals surface area contributed by atoms with Gasteiger partial charge in [0, 0.05) is 12.1 Å². The second-order valence-electron chi connectivity index (χ2n) is 4.72. The first kappa shape index (κ1) is 16.3. The van der Waals surface area contributed by atoms with E-state index in [9.17, 15) is 4.79 Å². The molecule has 1 rings (SSSR count). The van der Waals surface area contributed by atoms with Gasteiger partial charge >= 0.3 is 0 Å². The third-order valence-electron chi connectivity index (χ3n) is 3.31. The van der Waals surface area contributed by atoms with Gasteiger partial charge in [0.15, 0.2) is 6.10 Å². The summed E-state index contributed by atoms with van der Waals surface area (Å²) < 4.78 is 10.9. The molecule has 0 radical (unpaired) electrons. The molecule has 0 heterocycles. The molecule has 0 aromatic heterocycles. The number of hydrogen-bond acceptors (Lipinski definition) is 3. The molecule has 0 aliphatic heterocycles. The Labute approximate surface area is 121 Å². The fraction of sp³-hybridized carbons (Fsp3) is 0.562. The van der Waals surface area contributed by atoms with Crippen LogP contribution < -0.4 is 14.8 Å². The Morgan fingerprint density at radius 1 is 1.15 bits per heavy atom. The highest BCUT2D eigenvalue weighted by atomic mass is 16.5. The molecular formula is C16H25NO3. The van der Waals surface area contributed by atoms with E-state index in [0.717, 1.165) is 18.6 Å². The molecule has 0 fully saturated rings. The van der Waals surface area contributed by atoms with Gasteiger partial charge in [-0.15, -0.1) is 0 Å². The summed E-state index contributed by atoms with van der Waals surface area (Å²) >= 11 is 0. The van der Waals surface area contributed by atoms with Crippen molar-refractivity contribution in [3.05, 3.63) is 24.3 Å². The molecule has 1 atom stereocenters. The fourth-order valence-electron chi connectivity index (χ4n) is 1.95. The predicted molar refractivity (Wildman–Crippen MR) is 80.2 cm³/mol. The van der Waals surface area contributed by atoms with Crippen LogP contribution in [-0.4, -0.2) is 25.2 Å². The van der Waals surface area contributed by atoms with Crippen LogP contribution in [0.25, 0.3) is 0 Å². The predicted octanol–water partition coefficient (Wildman–Crippen LogP) is 3.16. The zero-order chi connectivity index (χ0) is 15.0. The van der Waals surface area contributed by atoms with Gasteiger partial charge in [-0.2, -0.15) is 0 Å². The zero-order valence-electron chi connectivity index (χ0n) is 12.8. The molecule has 1 N–H and O–H groups in total. The molecule has 0 saturated carbocycles. The highest BCUT2D eigenvalue weighted by Gasteiger charge is 2.20. The Morgan fingerprint density at radius 3 is 2.35 bits per heavy atom. The van der Waals surface area contributed by atoms with Crippen LogP contribution in [-0.2, 0) is 4.79 Å². The third-order valence-corrected chi connectivity index (χ3v) is 3.31. The summed E-state index contributed by atoms with van der Waals surface area (Å²) in [6.45, 7) is 6.08. The summed E-state index contributed by atoms with van der Waals surface area (Å²) in [7, 11) is 1.61. The first-order valence-electron chi connectivity index (χ1n) is 7.25. The Morgan fingerprint density at radius 2 is 1.80 bits per heavy atom. The maximum atomic E-state index is 12.2. The molecule has 0 aliphatic rings. The van der Waals surface area contributed by atoms with Crippen molar-refractivity contribution in [1.29, 1.82) is 0 Å². The number of carbonyl (C=O) groups is 1. The van der Waals surface area contributed by atoms with Gasteiger partial charge in [-0.1, -0.05) is 26.8 Å². The van der Waals surface area contributed by atoms with Crippen LogP contribution in [0.1, 0.15) is 40.0 Å². The van der Waals surface area contributed by atoms with Gasteiger partial charge in [0.25, 0.3) is 5.91 Å². The largest absolute Gasteiger partial charge is 0.497 e. The lowest BCUT2D eigenvalue weighted by Crippen LogP contribution is -2.43. The van der Waals surface area contributed by atoms with Gasteiger partial charge in [-0.05, 0) is 31.4 Å². The van der Waals surface area contributed by atoms with Crippen molar-refractivity contribution in [3.63, 3.8) is 0 Å². The Bertz CT molecular complexity index is 416. The SMILES string of the molecule is CCC(CC)NC(=O)C(CC)Oc1cccc(OC)c1. The molecule has 1 aromatic carbocycles. The van der Waals surface area contributed by atoms with Crippen molar-refractivity contribution in [2.75, 3.05) is 7.11 Å². The third kappa shape index (κ3) is 4.76. The molecule has 0 saturated heterocycles. The minimum Gasteiger partial charge on any atom is -0.497 e. The molecule has 1 aromatic rings. The van der Waals surface area contributed by atoms with E-state index in [0.29, 0.717) is 12.2 Å². The van der Waals surface area contributed by atoms with E-state index in [-0.39, 0.29) is 11.9 Å². The highest BCUT2D eigenvalue weighted by Crippen LogP contribution is 2.20. The van der Waals surface area contributed by atoms with E-state index in [1.165, 1.54) is 0 Å². The molecule has 1 unspecified atom stereocenters. The molecule has 20 heavy (non-hydrogen) atoms. The summed E-state index contributed by atoms with van der Waals surface area (Å²) in [5, 5.41) is 3.02. The average Bonchev–Trinajstić information content (AvgIpc) is 2.50. The molecular weight excluding hydrogens is 254 g/mol. The van der Waals surface area contributed by atoms with Crippen LogP contribution >= 0.6 is 0 Å². The minimum atomic E-state index is -0.470. The monoisotopic (exact) mass is 279 g/mol. The van der Waals surface area contributed by atoms with Gasteiger partial charge in [-0.25, -0.2) is 0 Å². The first-order valence-corrected chi connectivity index (χ1v) is 7.25. The topological polar surface area (TPSA) is 47.6 Å². The van der Waals surface area contributed by atoms with Crippen molar-refractivity contribution < 1.29 is 14.3 Å². The van der Waals surface area contributed by atoms with Crippen molar-refractivity contribution in [1.82, 2.24) is 5.32 Å². The Balaban J connectivity index is 2.68.